The van der Waals surface area contributed by atoms with Crippen molar-refractivity contribution in [1.29, 1.82) is 0 Å². The molecule has 2 rings (SSSR count). The quantitative estimate of drug-likeness (QED) is 0.515. The Bertz CT molecular complexity index is 652. The highest BCUT2D eigenvalue weighted by atomic mass is 16.2. The largest absolute Gasteiger partial charge is 0.370 e. The number of hydrogen-bond donors (Lipinski definition) is 2. The summed E-state index contributed by atoms with van der Waals surface area (Å²) in [5.74, 6) is 4.90. The van der Waals surface area contributed by atoms with E-state index in [1.807, 2.05) is 25.2 Å². The van der Waals surface area contributed by atoms with Crippen LogP contribution in [0, 0.1) is 13.8 Å². The molecule has 0 radical (unpaired) electrons. The van der Waals surface area contributed by atoms with E-state index in [4.69, 9.17) is 5.84 Å². The topological polar surface area (TPSA) is 58.4 Å². The van der Waals surface area contributed by atoms with Gasteiger partial charge in [-0.2, -0.15) is 0 Å². The highest BCUT2D eigenvalue weighted by molar-refractivity contribution is 5.93. The average molecular weight is 283 g/mol. The Morgan fingerprint density at radius 3 is 2.62 bits per heavy atom. The molecule has 0 atom stereocenters. The number of amides is 1. The van der Waals surface area contributed by atoms with E-state index in [-0.39, 0.29) is 5.91 Å². The summed E-state index contributed by atoms with van der Waals surface area (Å²) in [5.41, 5.74) is 7.49. The molecule has 110 valence electrons. The maximum absolute atomic E-state index is 11.6. The summed E-state index contributed by atoms with van der Waals surface area (Å²) in [6.45, 7) is 4.93. The van der Waals surface area contributed by atoms with Crippen molar-refractivity contribution in [2.45, 2.75) is 20.4 Å². The second kappa shape index (κ2) is 6.41. The fourth-order valence-electron chi connectivity index (χ4n) is 2.49. The molecule has 0 heterocycles. The van der Waals surface area contributed by atoms with Gasteiger partial charge in [0.25, 0.3) is 5.91 Å². The monoisotopic (exact) mass is 283 g/mol. The zero-order valence-electron chi connectivity index (χ0n) is 12.7. The third kappa shape index (κ3) is 3.61. The molecule has 2 aromatic rings. The van der Waals surface area contributed by atoms with E-state index in [1.54, 1.807) is 6.07 Å². The fraction of sp³-hybridized carbons (Fsp3) is 0.235. The molecule has 4 heteroatoms. The Morgan fingerprint density at radius 1 is 1.19 bits per heavy atom. The second-order valence-corrected chi connectivity index (χ2v) is 5.32. The summed E-state index contributed by atoms with van der Waals surface area (Å²) in [6, 6.07) is 13.9. The van der Waals surface area contributed by atoms with Crippen LogP contribution in [0.4, 0.5) is 5.69 Å². The Morgan fingerprint density at radius 2 is 1.95 bits per heavy atom. The van der Waals surface area contributed by atoms with Crippen LogP contribution >= 0.6 is 0 Å². The number of rotatable bonds is 4. The summed E-state index contributed by atoms with van der Waals surface area (Å²) in [4.78, 5) is 13.7. The Balaban J connectivity index is 2.19. The van der Waals surface area contributed by atoms with Gasteiger partial charge in [0.15, 0.2) is 0 Å². The predicted octanol–water partition coefficient (Wildman–Crippen LogP) is 2.54. The van der Waals surface area contributed by atoms with E-state index in [1.165, 1.54) is 16.8 Å². The molecule has 0 aliphatic carbocycles. The number of carbonyl (C=O) groups excluding carboxylic acids is 1. The molecule has 0 aliphatic heterocycles. The molecule has 0 aromatic heterocycles. The first-order valence-corrected chi connectivity index (χ1v) is 6.89. The maximum Gasteiger partial charge on any atom is 0.265 e. The smallest absolute Gasteiger partial charge is 0.265 e. The second-order valence-electron chi connectivity index (χ2n) is 5.32. The van der Waals surface area contributed by atoms with Gasteiger partial charge in [-0.25, -0.2) is 5.84 Å². The first-order chi connectivity index (χ1) is 10.0. The first-order valence-electron chi connectivity index (χ1n) is 6.89. The van der Waals surface area contributed by atoms with Crippen molar-refractivity contribution < 1.29 is 4.79 Å². The number of carbonyl (C=O) groups is 1. The molecule has 0 aliphatic rings. The van der Waals surface area contributed by atoms with Crippen molar-refractivity contribution in [3.63, 3.8) is 0 Å². The SMILES string of the molecule is Cc1ccc(N(C)Cc2cccc(C(=O)NN)c2)c(C)c1. The maximum atomic E-state index is 11.6. The van der Waals surface area contributed by atoms with Gasteiger partial charge >= 0.3 is 0 Å². The molecular weight excluding hydrogens is 262 g/mol. The van der Waals surface area contributed by atoms with Crippen molar-refractivity contribution in [2.24, 2.45) is 5.84 Å². The number of anilines is 1. The summed E-state index contributed by atoms with van der Waals surface area (Å²) in [6.07, 6.45) is 0. The van der Waals surface area contributed by atoms with E-state index in [0.717, 1.165) is 12.1 Å². The summed E-state index contributed by atoms with van der Waals surface area (Å²) in [5, 5.41) is 0. The first kappa shape index (κ1) is 15.1. The molecule has 0 saturated carbocycles. The number of hydrogen-bond acceptors (Lipinski definition) is 3. The Labute approximate surface area is 125 Å². The van der Waals surface area contributed by atoms with Crippen LogP contribution in [0.25, 0.3) is 0 Å². The molecule has 0 bridgehead atoms. The van der Waals surface area contributed by atoms with E-state index in [2.05, 4.69) is 42.4 Å². The van der Waals surface area contributed by atoms with Crippen molar-refractivity contribution in [2.75, 3.05) is 11.9 Å². The highest BCUT2D eigenvalue weighted by Crippen LogP contribution is 2.21. The molecule has 0 saturated heterocycles. The minimum atomic E-state index is -0.272. The molecule has 4 nitrogen and oxygen atoms in total. The minimum Gasteiger partial charge on any atom is -0.370 e. The zero-order valence-corrected chi connectivity index (χ0v) is 12.7. The number of nitrogens with one attached hydrogen (secondary N) is 1. The summed E-state index contributed by atoms with van der Waals surface area (Å²) >= 11 is 0. The number of nitrogens with zero attached hydrogens (tertiary/aromatic N) is 1. The van der Waals surface area contributed by atoms with Crippen LogP contribution in [0.2, 0.25) is 0 Å². The van der Waals surface area contributed by atoms with E-state index in [0.29, 0.717) is 5.56 Å². The fourth-order valence-corrected chi connectivity index (χ4v) is 2.49. The number of hydrazine groups is 1. The van der Waals surface area contributed by atoms with Gasteiger partial charge in [-0.3, -0.25) is 10.2 Å². The van der Waals surface area contributed by atoms with Gasteiger partial charge in [-0.05, 0) is 43.2 Å². The van der Waals surface area contributed by atoms with Crippen molar-refractivity contribution in [3.8, 4) is 0 Å². The third-order valence-electron chi connectivity index (χ3n) is 3.50. The van der Waals surface area contributed by atoms with Gasteiger partial charge in [-0.15, -0.1) is 0 Å². The van der Waals surface area contributed by atoms with Crippen molar-refractivity contribution in [3.05, 3.63) is 64.7 Å². The van der Waals surface area contributed by atoms with Gasteiger partial charge in [0.2, 0.25) is 0 Å². The number of nitrogen functional groups attached to an aromatic ring is 1. The van der Waals surface area contributed by atoms with Gasteiger partial charge in [-0.1, -0.05) is 29.8 Å². The number of nitrogens with two attached hydrogens (primary N) is 1. The number of benzene rings is 2. The van der Waals surface area contributed by atoms with Gasteiger partial charge in [0.05, 0.1) is 0 Å². The Kier molecular flexibility index (Phi) is 4.60. The molecule has 0 unspecified atom stereocenters. The molecule has 0 spiro atoms. The van der Waals surface area contributed by atoms with Crippen LogP contribution in [0.5, 0.6) is 0 Å². The number of aryl methyl sites for hydroxylation is 2. The lowest BCUT2D eigenvalue weighted by molar-refractivity contribution is 0.0953. The van der Waals surface area contributed by atoms with Crippen LogP contribution in [0.15, 0.2) is 42.5 Å². The van der Waals surface area contributed by atoms with Crippen LogP contribution in [-0.4, -0.2) is 13.0 Å². The Hall–Kier alpha value is -2.33. The van der Waals surface area contributed by atoms with Gasteiger partial charge < -0.3 is 4.90 Å². The van der Waals surface area contributed by atoms with Gasteiger partial charge in [0, 0.05) is 24.8 Å². The van der Waals surface area contributed by atoms with Crippen LogP contribution in [-0.2, 0) is 6.54 Å². The predicted molar refractivity (Wildman–Crippen MR) is 86.1 cm³/mol. The lowest BCUT2D eigenvalue weighted by Gasteiger charge is -2.22. The average Bonchev–Trinajstić information content (AvgIpc) is 2.46. The molecule has 1 amide bonds. The van der Waals surface area contributed by atoms with E-state index in [9.17, 15) is 4.79 Å². The summed E-state index contributed by atoms with van der Waals surface area (Å²) in [7, 11) is 2.05. The molecule has 3 N–H and O–H groups in total. The van der Waals surface area contributed by atoms with E-state index < -0.39 is 0 Å². The van der Waals surface area contributed by atoms with Crippen LogP contribution in [0.3, 0.4) is 0 Å². The minimum absolute atomic E-state index is 0.272. The third-order valence-corrected chi connectivity index (χ3v) is 3.50. The molecule has 2 aromatic carbocycles. The molecule has 0 fully saturated rings. The van der Waals surface area contributed by atoms with Crippen LogP contribution < -0.4 is 16.2 Å². The van der Waals surface area contributed by atoms with Crippen LogP contribution in [0.1, 0.15) is 27.0 Å². The normalized spacial score (nSPS) is 10.3. The van der Waals surface area contributed by atoms with Crippen molar-refractivity contribution >= 4 is 11.6 Å². The molecule has 21 heavy (non-hydrogen) atoms. The summed E-state index contributed by atoms with van der Waals surface area (Å²) < 4.78 is 0. The molecular formula is C17H21N3O. The zero-order chi connectivity index (χ0) is 15.4. The van der Waals surface area contributed by atoms with Gasteiger partial charge in [0.1, 0.15) is 0 Å². The lowest BCUT2D eigenvalue weighted by atomic mass is 10.1. The lowest BCUT2D eigenvalue weighted by Crippen LogP contribution is -2.30. The highest BCUT2D eigenvalue weighted by Gasteiger charge is 2.08. The van der Waals surface area contributed by atoms with E-state index >= 15 is 0 Å². The van der Waals surface area contributed by atoms with Crippen molar-refractivity contribution in [1.82, 2.24) is 5.43 Å². The standard InChI is InChI=1S/C17H21N3O/c1-12-7-8-16(13(2)9-12)20(3)11-14-5-4-6-15(10-14)17(21)19-18/h4-10H,11,18H2,1-3H3,(H,19,21).